The highest BCUT2D eigenvalue weighted by atomic mass is 32.1. The Morgan fingerprint density at radius 3 is 2.65 bits per heavy atom. The number of hydrogen-bond donors (Lipinski definition) is 2. The maximum absolute atomic E-state index is 13.0. The Kier molecular flexibility index (Phi) is 6.24. The lowest BCUT2D eigenvalue weighted by Crippen LogP contribution is -2.40. The minimum absolute atomic E-state index is 0.0346. The Morgan fingerprint density at radius 1 is 1.35 bits per heavy atom. The Balaban J connectivity index is 2.03. The number of benzene rings is 1. The number of aromatic nitrogens is 1. The van der Waals surface area contributed by atoms with E-state index >= 15 is 0 Å². The summed E-state index contributed by atoms with van der Waals surface area (Å²) in [7, 11) is 0. The monoisotopic (exact) mass is 335 g/mol. The first-order valence-electron chi connectivity index (χ1n) is 7.69. The third kappa shape index (κ3) is 5.11. The summed E-state index contributed by atoms with van der Waals surface area (Å²) < 4.78 is 13.0. The first-order valence-corrected chi connectivity index (χ1v) is 8.57. The molecule has 0 aliphatic heterocycles. The van der Waals surface area contributed by atoms with Crippen molar-refractivity contribution < 1.29 is 9.18 Å². The number of nitrogens with one attached hydrogen (secondary N) is 1. The standard InChI is InChI=1S/C17H22FN3OS/c1-11(2)14(9-12-3-5-13(18)6-4-12)21-17(22)15-10-23-16(20-15)7-8-19/h3-6,10-11,14H,7-9,19H2,1-2H3,(H,21,22). The Labute approximate surface area is 139 Å². The molecule has 1 amide bonds. The SMILES string of the molecule is CC(C)C(Cc1ccc(F)cc1)NC(=O)c1csc(CCN)n1. The molecular formula is C17H22FN3OS. The lowest BCUT2D eigenvalue weighted by molar-refractivity contribution is 0.0921. The van der Waals surface area contributed by atoms with Crippen molar-refractivity contribution in [1.82, 2.24) is 10.3 Å². The minimum Gasteiger partial charge on any atom is -0.347 e. The number of amides is 1. The number of halogens is 1. The van der Waals surface area contributed by atoms with Crippen molar-refractivity contribution in [2.24, 2.45) is 11.7 Å². The van der Waals surface area contributed by atoms with Gasteiger partial charge in [-0.05, 0) is 36.6 Å². The molecule has 1 aromatic heterocycles. The normalized spacial score (nSPS) is 12.4. The van der Waals surface area contributed by atoms with Crippen LogP contribution in [0.25, 0.3) is 0 Å². The van der Waals surface area contributed by atoms with Gasteiger partial charge in [0.25, 0.3) is 5.91 Å². The Hall–Kier alpha value is -1.79. The first-order chi connectivity index (χ1) is 11.0. The van der Waals surface area contributed by atoms with Gasteiger partial charge in [0, 0.05) is 17.8 Å². The van der Waals surface area contributed by atoms with Crippen LogP contribution in [0.1, 0.15) is 34.9 Å². The van der Waals surface area contributed by atoms with E-state index in [0.29, 0.717) is 25.1 Å². The molecule has 0 saturated carbocycles. The van der Waals surface area contributed by atoms with E-state index in [1.54, 1.807) is 17.5 Å². The lowest BCUT2D eigenvalue weighted by atomic mass is 9.96. The first kappa shape index (κ1) is 17.6. The van der Waals surface area contributed by atoms with Crippen LogP contribution >= 0.6 is 11.3 Å². The van der Waals surface area contributed by atoms with Crippen LogP contribution in [0, 0.1) is 11.7 Å². The zero-order chi connectivity index (χ0) is 16.8. The van der Waals surface area contributed by atoms with E-state index in [1.807, 2.05) is 0 Å². The summed E-state index contributed by atoms with van der Waals surface area (Å²) in [6.45, 7) is 4.62. The number of rotatable bonds is 7. The van der Waals surface area contributed by atoms with E-state index < -0.39 is 0 Å². The summed E-state index contributed by atoms with van der Waals surface area (Å²) in [6.07, 6.45) is 1.34. The molecule has 124 valence electrons. The maximum Gasteiger partial charge on any atom is 0.270 e. The van der Waals surface area contributed by atoms with Crippen LogP contribution in [0.2, 0.25) is 0 Å². The zero-order valence-corrected chi connectivity index (χ0v) is 14.2. The second-order valence-electron chi connectivity index (χ2n) is 5.82. The molecule has 23 heavy (non-hydrogen) atoms. The van der Waals surface area contributed by atoms with Gasteiger partial charge in [0.2, 0.25) is 0 Å². The van der Waals surface area contributed by atoms with Crippen molar-refractivity contribution in [1.29, 1.82) is 0 Å². The van der Waals surface area contributed by atoms with Crippen LogP contribution in [-0.4, -0.2) is 23.5 Å². The fourth-order valence-corrected chi connectivity index (χ4v) is 3.02. The van der Waals surface area contributed by atoms with Crippen molar-refractivity contribution in [3.8, 4) is 0 Å². The van der Waals surface area contributed by atoms with E-state index in [4.69, 9.17) is 5.73 Å². The van der Waals surface area contributed by atoms with Crippen molar-refractivity contribution in [2.75, 3.05) is 6.54 Å². The quantitative estimate of drug-likeness (QED) is 0.817. The van der Waals surface area contributed by atoms with Crippen molar-refractivity contribution in [2.45, 2.75) is 32.7 Å². The van der Waals surface area contributed by atoms with E-state index in [-0.39, 0.29) is 23.7 Å². The number of carbonyl (C=O) groups excluding carboxylic acids is 1. The highest BCUT2D eigenvalue weighted by Crippen LogP contribution is 2.14. The summed E-state index contributed by atoms with van der Waals surface area (Å²) in [4.78, 5) is 16.7. The van der Waals surface area contributed by atoms with Gasteiger partial charge in [-0.2, -0.15) is 0 Å². The molecule has 4 nitrogen and oxygen atoms in total. The van der Waals surface area contributed by atoms with E-state index in [1.165, 1.54) is 23.5 Å². The van der Waals surface area contributed by atoms with Gasteiger partial charge in [-0.25, -0.2) is 9.37 Å². The predicted molar refractivity (Wildman–Crippen MR) is 91.1 cm³/mol. The van der Waals surface area contributed by atoms with Crippen LogP contribution in [0.4, 0.5) is 4.39 Å². The van der Waals surface area contributed by atoms with Crippen molar-refractivity contribution >= 4 is 17.2 Å². The van der Waals surface area contributed by atoms with Gasteiger partial charge in [-0.1, -0.05) is 26.0 Å². The van der Waals surface area contributed by atoms with Crippen molar-refractivity contribution in [3.05, 3.63) is 51.7 Å². The molecule has 0 radical (unpaired) electrons. The number of nitrogens with zero attached hydrogens (tertiary/aromatic N) is 1. The van der Waals surface area contributed by atoms with Gasteiger partial charge < -0.3 is 11.1 Å². The second-order valence-corrected chi connectivity index (χ2v) is 6.76. The lowest BCUT2D eigenvalue weighted by Gasteiger charge is -2.22. The van der Waals surface area contributed by atoms with E-state index in [9.17, 15) is 9.18 Å². The molecule has 1 unspecified atom stereocenters. The van der Waals surface area contributed by atoms with Crippen LogP contribution in [-0.2, 0) is 12.8 Å². The smallest absolute Gasteiger partial charge is 0.270 e. The van der Waals surface area contributed by atoms with Crippen molar-refractivity contribution in [3.63, 3.8) is 0 Å². The van der Waals surface area contributed by atoms with Gasteiger partial charge in [0.05, 0.1) is 5.01 Å². The van der Waals surface area contributed by atoms with Gasteiger partial charge in [-0.15, -0.1) is 11.3 Å². The molecule has 2 rings (SSSR count). The number of thiazole rings is 1. The highest BCUT2D eigenvalue weighted by molar-refractivity contribution is 7.09. The molecule has 6 heteroatoms. The Bertz CT molecular complexity index is 640. The summed E-state index contributed by atoms with van der Waals surface area (Å²) in [5.41, 5.74) is 6.93. The average molecular weight is 335 g/mol. The Morgan fingerprint density at radius 2 is 2.04 bits per heavy atom. The van der Waals surface area contributed by atoms with Gasteiger partial charge in [0.15, 0.2) is 0 Å². The summed E-state index contributed by atoms with van der Waals surface area (Å²) >= 11 is 1.45. The average Bonchev–Trinajstić information content (AvgIpc) is 2.97. The summed E-state index contributed by atoms with van der Waals surface area (Å²) in [5.74, 6) is -0.176. The third-order valence-corrected chi connectivity index (χ3v) is 4.54. The molecule has 0 fully saturated rings. The number of carbonyl (C=O) groups is 1. The highest BCUT2D eigenvalue weighted by Gasteiger charge is 2.19. The number of nitrogens with two attached hydrogens (primary N) is 1. The van der Waals surface area contributed by atoms with Crippen LogP contribution < -0.4 is 11.1 Å². The maximum atomic E-state index is 13.0. The molecular weight excluding hydrogens is 313 g/mol. The fourth-order valence-electron chi connectivity index (χ4n) is 2.22. The molecule has 0 aliphatic rings. The van der Waals surface area contributed by atoms with Crippen LogP contribution in [0.3, 0.4) is 0 Å². The largest absolute Gasteiger partial charge is 0.347 e. The summed E-state index contributed by atoms with van der Waals surface area (Å²) in [5, 5.41) is 5.66. The number of hydrogen-bond acceptors (Lipinski definition) is 4. The molecule has 0 saturated heterocycles. The topological polar surface area (TPSA) is 68.0 Å². The third-order valence-electron chi connectivity index (χ3n) is 3.63. The predicted octanol–water partition coefficient (Wildman–Crippen LogP) is 2.78. The zero-order valence-electron chi connectivity index (χ0n) is 13.4. The molecule has 0 aliphatic carbocycles. The second kappa shape index (κ2) is 8.17. The molecule has 3 N–H and O–H groups in total. The van der Waals surface area contributed by atoms with Gasteiger partial charge in [-0.3, -0.25) is 4.79 Å². The summed E-state index contributed by atoms with van der Waals surface area (Å²) in [6, 6.07) is 6.34. The van der Waals surface area contributed by atoms with E-state index in [0.717, 1.165) is 10.6 Å². The van der Waals surface area contributed by atoms with Gasteiger partial charge in [0.1, 0.15) is 11.5 Å². The fraction of sp³-hybridized carbons (Fsp3) is 0.412. The van der Waals surface area contributed by atoms with E-state index in [2.05, 4.69) is 24.1 Å². The molecule has 0 bridgehead atoms. The van der Waals surface area contributed by atoms with Crippen LogP contribution in [0.15, 0.2) is 29.6 Å². The molecule has 1 heterocycles. The van der Waals surface area contributed by atoms with Gasteiger partial charge >= 0.3 is 0 Å². The molecule has 1 aromatic carbocycles. The minimum atomic E-state index is -0.256. The molecule has 2 aromatic rings. The van der Waals surface area contributed by atoms with Crippen LogP contribution in [0.5, 0.6) is 0 Å². The molecule has 0 spiro atoms. The molecule has 1 atom stereocenters.